The van der Waals surface area contributed by atoms with Crippen molar-refractivity contribution in [1.29, 1.82) is 0 Å². The lowest BCUT2D eigenvalue weighted by Crippen LogP contribution is -2.45. The molecule has 0 spiro atoms. The van der Waals surface area contributed by atoms with Gasteiger partial charge in [0.1, 0.15) is 11.4 Å². The van der Waals surface area contributed by atoms with Gasteiger partial charge < -0.3 is 24.8 Å². The molecule has 0 bridgehead atoms. The summed E-state index contributed by atoms with van der Waals surface area (Å²) in [7, 11) is 1.59. The summed E-state index contributed by atoms with van der Waals surface area (Å²) in [5, 5.41) is 5.51. The van der Waals surface area contributed by atoms with Crippen LogP contribution in [0, 0.1) is 5.82 Å². The number of amides is 2. The average Bonchev–Trinajstić information content (AvgIpc) is 3.17. The van der Waals surface area contributed by atoms with Crippen molar-refractivity contribution in [2.45, 2.75) is 110 Å². The number of rotatable bonds is 7. The van der Waals surface area contributed by atoms with Crippen LogP contribution in [0.25, 0.3) is 28.5 Å². The van der Waals surface area contributed by atoms with E-state index in [9.17, 15) is 14.0 Å². The Hall–Kier alpha value is -4.08. The lowest BCUT2D eigenvalue weighted by Gasteiger charge is -2.40. The Morgan fingerprint density at radius 2 is 1.83 bits per heavy atom. The van der Waals surface area contributed by atoms with Crippen LogP contribution in [0.4, 0.5) is 14.9 Å². The van der Waals surface area contributed by atoms with Crippen LogP contribution in [0.3, 0.4) is 0 Å². The number of fused-ring (bicyclic) bond motifs is 3. The maximum Gasteiger partial charge on any atom is 0.318 e. The molecular formula is C39H48FN3O5. The first kappa shape index (κ1) is 35.2. The van der Waals surface area contributed by atoms with E-state index in [1.807, 2.05) is 65.0 Å². The number of hydrogen-bond acceptors (Lipinski definition) is 6. The van der Waals surface area contributed by atoms with Crippen molar-refractivity contribution in [3.63, 3.8) is 0 Å². The second-order valence-corrected chi connectivity index (χ2v) is 14.4. The van der Waals surface area contributed by atoms with Crippen LogP contribution in [0.15, 0.2) is 48.5 Å². The number of urea groups is 1. The summed E-state index contributed by atoms with van der Waals surface area (Å²) in [6, 6.07) is 12.3. The molecule has 1 aliphatic carbocycles. The van der Waals surface area contributed by atoms with Crippen molar-refractivity contribution in [3.8, 4) is 22.4 Å². The van der Waals surface area contributed by atoms with Gasteiger partial charge in [-0.3, -0.25) is 9.78 Å². The molecule has 2 atom stereocenters. The SMILES string of the molecule is CNC(=O)Nc1ccc2c(c1)-c1nc(C(C)C)c(C=C[C@@H]3C[C@H](CC(=O)OC(C)(C)C)OC(C)(C)O3)c(-c3ccc(F)cc3)c1CCC2. The summed E-state index contributed by atoms with van der Waals surface area (Å²) in [5.41, 5.74) is 7.97. The number of halogens is 1. The van der Waals surface area contributed by atoms with Gasteiger partial charge >= 0.3 is 12.0 Å². The first-order valence-electron chi connectivity index (χ1n) is 16.8. The number of nitrogens with one attached hydrogen (secondary N) is 2. The first-order chi connectivity index (χ1) is 22.6. The van der Waals surface area contributed by atoms with Crippen LogP contribution < -0.4 is 10.6 Å². The van der Waals surface area contributed by atoms with E-state index in [4.69, 9.17) is 19.2 Å². The number of carbonyl (C=O) groups excluding carboxylic acids is 2. The van der Waals surface area contributed by atoms with Crippen LogP contribution in [0.2, 0.25) is 0 Å². The third kappa shape index (κ3) is 8.49. The zero-order valence-electron chi connectivity index (χ0n) is 29.3. The Kier molecular flexibility index (Phi) is 10.4. The van der Waals surface area contributed by atoms with Gasteiger partial charge in [0, 0.05) is 30.3 Å². The molecule has 2 N–H and O–H groups in total. The predicted octanol–water partition coefficient (Wildman–Crippen LogP) is 8.57. The molecule has 2 amide bonds. The summed E-state index contributed by atoms with van der Waals surface area (Å²) in [4.78, 5) is 30.2. The van der Waals surface area contributed by atoms with E-state index in [-0.39, 0.29) is 42.4 Å². The minimum absolute atomic E-state index is 0.0555. The number of ether oxygens (including phenoxy) is 3. The Labute approximate surface area is 283 Å². The van der Waals surface area contributed by atoms with Gasteiger partial charge in [-0.25, -0.2) is 9.18 Å². The van der Waals surface area contributed by atoms with Gasteiger partial charge in [-0.05, 0) is 106 Å². The Bertz CT molecular complexity index is 1690. The summed E-state index contributed by atoms with van der Waals surface area (Å²) in [5.74, 6) is -1.46. The molecule has 0 radical (unpaired) electrons. The number of carbonyl (C=O) groups is 2. The van der Waals surface area contributed by atoms with Crippen molar-refractivity contribution < 1.29 is 28.2 Å². The van der Waals surface area contributed by atoms with Crippen LogP contribution in [-0.4, -0.2) is 47.6 Å². The summed E-state index contributed by atoms with van der Waals surface area (Å²) >= 11 is 0. The van der Waals surface area contributed by atoms with Gasteiger partial charge in [0.25, 0.3) is 0 Å². The van der Waals surface area contributed by atoms with Gasteiger partial charge in [-0.1, -0.05) is 44.2 Å². The number of aromatic nitrogens is 1. The molecule has 3 aromatic rings. The molecule has 1 aromatic heterocycles. The zero-order chi connectivity index (χ0) is 34.8. The molecule has 1 saturated heterocycles. The number of esters is 1. The average molecular weight is 658 g/mol. The van der Waals surface area contributed by atoms with Crippen molar-refractivity contribution in [2.75, 3.05) is 12.4 Å². The highest BCUT2D eigenvalue weighted by Crippen LogP contribution is 2.43. The molecule has 5 rings (SSSR count). The van der Waals surface area contributed by atoms with E-state index in [0.717, 1.165) is 58.5 Å². The third-order valence-electron chi connectivity index (χ3n) is 8.44. The highest BCUT2D eigenvalue weighted by molar-refractivity contribution is 5.91. The molecule has 8 nitrogen and oxygen atoms in total. The van der Waals surface area contributed by atoms with Crippen molar-refractivity contribution in [2.24, 2.45) is 0 Å². The first-order valence-corrected chi connectivity index (χ1v) is 16.8. The monoisotopic (exact) mass is 657 g/mol. The molecular weight excluding hydrogens is 609 g/mol. The quantitative estimate of drug-likeness (QED) is 0.247. The second-order valence-electron chi connectivity index (χ2n) is 14.4. The van der Waals surface area contributed by atoms with Gasteiger partial charge in [-0.15, -0.1) is 0 Å². The van der Waals surface area contributed by atoms with Crippen LogP contribution in [0.1, 0.15) is 96.0 Å². The van der Waals surface area contributed by atoms with Gasteiger partial charge in [0.05, 0.1) is 30.0 Å². The largest absolute Gasteiger partial charge is 0.460 e. The maximum atomic E-state index is 14.2. The zero-order valence-corrected chi connectivity index (χ0v) is 29.3. The second kappa shape index (κ2) is 14.2. The standard InChI is InChI=1S/C39H48FN3O5/c1-23(2)35-31(19-18-28-21-29(47-39(6,7)46-28)22-33(44)48-38(3,4)5)34(25-12-15-26(40)16-13-25)30-11-9-10-24-14-17-27(42-37(45)41-8)20-32(24)36(30)43-35/h12-20,23,28-29H,9-11,21-22H2,1-8H3,(H2,41,42,45)/t28-,29-/m1/s1. The highest BCUT2D eigenvalue weighted by Gasteiger charge is 2.36. The fourth-order valence-corrected chi connectivity index (χ4v) is 6.58. The van der Waals surface area contributed by atoms with E-state index < -0.39 is 11.4 Å². The van der Waals surface area contributed by atoms with Crippen molar-refractivity contribution in [3.05, 3.63) is 76.7 Å². The summed E-state index contributed by atoms with van der Waals surface area (Å²) < 4.78 is 32.3. The molecule has 0 unspecified atom stereocenters. The number of aryl methyl sites for hydroxylation is 1. The van der Waals surface area contributed by atoms with Crippen molar-refractivity contribution >= 4 is 23.8 Å². The molecule has 0 saturated carbocycles. The Balaban J connectivity index is 1.62. The van der Waals surface area contributed by atoms with E-state index in [1.165, 1.54) is 17.7 Å². The minimum Gasteiger partial charge on any atom is -0.460 e. The lowest BCUT2D eigenvalue weighted by molar-refractivity contribution is -0.290. The van der Waals surface area contributed by atoms with E-state index in [1.54, 1.807) is 7.05 Å². The van der Waals surface area contributed by atoms with Gasteiger partial charge in [-0.2, -0.15) is 0 Å². The highest BCUT2D eigenvalue weighted by atomic mass is 19.1. The van der Waals surface area contributed by atoms with Crippen LogP contribution >= 0.6 is 0 Å². The van der Waals surface area contributed by atoms with Gasteiger partial charge in [0.15, 0.2) is 5.79 Å². The fourth-order valence-electron chi connectivity index (χ4n) is 6.58. The molecule has 2 aliphatic rings. The lowest BCUT2D eigenvalue weighted by atomic mass is 9.86. The molecule has 1 aliphatic heterocycles. The number of hydrogen-bond donors (Lipinski definition) is 2. The summed E-state index contributed by atoms with van der Waals surface area (Å²) in [6.07, 6.45) is 6.56. The van der Waals surface area contributed by atoms with Crippen LogP contribution in [0.5, 0.6) is 0 Å². The Morgan fingerprint density at radius 3 is 2.50 bits per heavy atom. The Morgan fingerprint density at radius 1 is 1.10 bits per heavy atom. The van der Waals surface area contributed by atoms with Crippen LogP contribution in [-0.2, 0) is 31.8 Å². The summed E-state index contributed by atoms with van der Waals surface area (Å²) in [6.45, 7) is 13.5. The third-order valence-corrected chi connectivity index (χ3v) is 8.44. The minimum atomic E-state index is -0.906. The molecule has 2 heterocycles. The maximum absolute atomic E-state index is 14.2. The number of nitrogens with zero attached hydrogens (tertiary/aromatic N) is 1. The molecule has 9 heteroatoms. The van der Waals surface area contributed by atoms with E-state index in [0.29, 0.717) is 12.1 Å². The topological polar surface area (TPSA) is 98.8 Å². The normalized spacial score (nSPS) is 19.0. The predicted molar refractivity (Wildman–Crippen MR) is 187 cm³/mol. The van der Waals surface area contributed by atoms with Crippen molar-refractivity contribution in [1.82, 2.24) is 10.3 Å². The molecule has 256 valence electrons. The van der Waals surface area contributed by atoms with E-state index >= 15 is 0 Å². The molecule has 48 heavy (non-hydrogen) atoms. The van der Waals surface area contributed by atoms with Gasteiger partial charge in [0.2, 0.25) is 0 Å². The molecule has 2 aromatic carbocycles. The smallest absolute Gasteiger partial charge is 0.318 e. The fraction of sp³-hybridized carbons (Fsp3) is 0.462. The number of anilines is 1. The number of benzene rings is 2. The number of pyridine rings is 1. The molecule has 1 fully saturated rings. The van der Waals surface area contributed by atoms with E-state index in [2.05, 4.69) is 36.6 Å².